The third-order valence-electron chi connectivity index (χ3n) is 5.00. The van der Waals surface area contributed by atoms with E-state index in [1.807, 2.05) is 0 Å². The second-order valence-corrected chi connectivity index (χ2v) is 6.30. The van der Waals surface area contributed by atoms with Gasteiger partial charge < -0.3 is 0 Å². The number of nitrogens with zero attached hydrogens (tertiary/aromatic N) is 1. The van der Waals surface area contributed by atoms with Crippen molar-refractivity contribution in [1.82, 2.24) is 4.90 Å². The van der Waals surface area contributed by atoms with Gasteiger partial charge in [0.25, 0.3) is 0 Å². The fourth-order valence-electron chi connectivity index (χ4n) is 3.77. The summed E-state index contributed by atoms with van der Waals surface area (Å²) in [5, 5.41) is 0. The Morgan fingerprint density at radius 1 is 0.864 bits per heavy atom. The Balaban J connectivity index is 1.78. The summed E-state index contributed by atoms with van der Waals surface area (Å²) in [5.41, 5.74) is 7.31. The largest absolute Gasteiger partial charge is 0.294 e. The van der Waals surface area contributed by atoms with E-state index in [4.69, 9.17) is 0 Å². The van der Waals surface area contributed by atoms with Gasteiger partial charge in [0, 0.05) is 25.6 Å². The normalized spacial score (nSPS) is 24.1. The molecule has 0 spiro atoms. The van der Waals surface area contributed by atoms with Crippen molar-refractivity contribution >= 4 is 11.1 Å². The molecule has 0 saturated carbocycles. The molecule has 0 radical (unpaired) electrons. The SMILES string of the molecule is CC1=C(c2ccccc2)CN2CC=C(c3ccccc3)[C@H]1C2. The van der Waals surface area contributed by atoms with Gasteiger partial charge in [-0.3, -0.25) is 4.90 Å². The van der Waals surface area contributed by atoms with Gasteiger partial charge in [-0.1, -0.05) is 72.3 Å². The van der Waals surface area contributed by atoms with E-state index in [0.717, 1.165) is 19.6 Å². The minimum Gasteiger partial charge on any atom is -0.294 e. The van der Waals surface area contributed by atoms with Crippen molar-refractivity contribution in [3.63, 3.8) is 0 Å². The lowest BCUT2D eigenvalue weighted by atomic mass is 9.78. The van der Waals surface area contributed by atoms with Gasteiger partial charge in [0.2, 0.25) is 0 Å². The van der Waals surface area contributed by atoms with E-state index >= 15 is 0 Å². The van der Waals surface area contributed by atoms with E-state index in [9.17, 15) is 0 Å². The van der Waals surface area contributed by atoms with Gasteiger partial charge in [-0.05, 0) is 29.2 Å². The Morgan fingerprint density at radius 2 is 1.50 bits per heavy atom. The highest BCUT2D eigenvalue weighted by Gasteiger charge is 2.31. The van der Waals surface area contributed by atoms with Crippen LogP contribution in [0, 0.1) is 5.92 Å². The molecule has 0 aliphatic carbocycles. The summed E-state index contributed by atoms with van der Waals surface area (Å²) >= 11 is 0. The predicted octanol–water partition coefficient (Wildman–Crippen LogP) is 4.49. The average Bonchev–Trinajstić information content (AvgIpc) is 2.60. The standard InChI is InChI=1S/C21H21N/c1-16-20(18-10-6-3-7-11-18)14-22-13-12-19(21(16)15-22)17-8-4-2-5-9-17/h2-12,21H,13-15H2,1H3/t21-/m0/s1. The summed E-state index contributed by atoms with van der Waals surface area (Å²) < 4.78 is 0. The third kappa shape index (κ3) is 2.32. The summed E-state index contributed by atoms with van der Waals surface area (Å²) in [6, 6.07) is 21.7. The summed E-state index contributed by atoms with van der Waals surface area (Å²) in [4.78, 5) is 2.56. The minimum absolute atomic E-state index is 0.528. The maximum absolute atomic E-state index is 2.56. The van der Waals surface area contributed by atoms with Crippen LogP contribution < -0.4 is 0 Å². The van der Waals surface area contributed by atoms with Crippen LogP contribution in [0.4, 0.5) is 0 Å². The molecule has 2 aliphatic rings. The molecule has 2 atom stereocenters. The number of fused-ring (bicyclic) bond motifs is 2. The van der Waals surface area contributed by atoms with Crippen LogP contribution in [0.25, 0.3) is 11.1 Å². The Labute approximate surface area is 132 Å². The molecule has 1 unspecified atom stereocenters. The number of benzene rings is 2. The maximum atomic E-state index is 2.56. The van der Waals surface area contributed by atoms with Crippen molar-refractivity contribution in [3.05, 3.63) is 83.4 Å². The molecule has 2 bridgehead atoms. The van der Waals surface area contributed by atoms with E-state index in [0.29, 0.717) is 5.92 Å². The first-order valence-corrected chi connectivity index (χ1v) is 8.06. The van der Waals surface area contributed by atoms with E-state index in [2.05, 4.69) is 78.6 Å². The lowest BCUT2D eigenvalue weighted by molar-refractivity contribution is 0.295. The van der Waals surface area contributed by atoms with Crippen LogP contribution in [0.3, 0.4) is 0 Å². The van der Waals surface area contributed by atoms with Crippen molar-refractivity contribution in [2.45, 2.75) is 6.92 Å². The van der Waals surface area contributed by atoms with Gasteiger partial charge in [-0.25, -0.2) is 0 Å². The monoisotopic (exact) mass is 287 g/mol. The van der Waals surface area contributed by atoms with Gasteiger partial charge >= 0.3 is 0 Å². The summed E-state index contributed by atoms with van der Waals surface area (Å²) in [7, 11) is 0. The minimum atomic E-state index is 0.528. The first kappa shape index (κ1) is 13.5. The van der Waals surface area contributed by atoms with Crippen LogP contribution in [-0.2, 0) is 0 Å². The van der Waals surface area contributed by atoms with Crippen LogP contribution >= 0.6 is 0 Å². The molecule has 1 heteroatoms. The highest BCUT2D eigenvalue weighted by atomic mass is 15.1. The molecule has 110 valence electrons. The van der Waals surface area contributed by atoms with Crippen molar-refractivity contribution < 1.29 is 0 Å². The zero-order valence-corrected chi connectivity index (χ0v) is 13.0. The molecule has 2 aliphatic heterocycles. The van der Waals surface area contributed by atoms with E-state index in [1.165, 1.54) is 27.8 Å². The molecule has 0 fully saturated rings. The molecule has 2 aromatic carbocycles. The van der Waals surface area contributed by atoms with Crippen molar-refractivity contribution in [2.75, 3.05) is 19.6 Å². The van der Waals surface area contributed by atoms with Gasteiger partial charge in [0.05, 0.1) is 0 Å². The van der Waals surface area contributed by atoms with Crippen LogP contribution in [0.5, 0.6) is 0 Å². The maximum Gasteiger partial charge on any atom is 0.0243 e. The van der Waals surface area contributed by atoms with Gasteiger partial charge in [0.15, 0.2) is 0 Å². The molecule has 0 N–H and O–H groups in total. The number of hydrogen-bond donors (Lipinski definition) is 0. The molecule has 2 aromatic rings. The van der Waals surface area contributed by atoms with Crippen LogP contribution in [-0.4, -0.2) is 24.5 Å². The van der Waals surface area contributed by atoms with Crippen LogP contribution in [0.1, 0.15) is 18.1 Å². The molecule has 0 saturated heterocycles. The Morgan fingerprint density at radius 3 is 2.18 bits per heavy atom. The van der Waals surface area contributed by atoms with Crippen LogP contribution in [0.2, 0.25) is 0 Å². The smallest absolute Gasteiger partial charge is 0.0243 e. The second-order valence-electron chi connectivity index (χ2n) is 6.30. The quantitative estimate of drug-likeness (QED) is 0.786. The Bertz CT molecular complexity index is 725. The molecule has 0 aromatic heterocycles. The predicted molar refractivity (Wildman–Crippen MR) is 93.4 cm³/mol. The highest BCUT2D eigenvalue weighted by molar-refractivity contribution is 5.79. The molecule has 2 heterocycles. The number of hydrogen-bond acceptors (Lipinski definition) is 1. The van der Waals surface area contributed by atoms with Crippen molar-refractivity contribution in [1.29, 1.82) is 0 Å². The van der Waals surface area contributed by atoms with Gasteiger partial charge in [-0.15, -0.1) is 0 Å². The van der Waals surface area contributed by atoms with E-state index < -0.39 is 0 Å². The van der Waals surface area contributed by atoms with Gasteiger partial charge in [-0.2, -0.15) is 0 Å². The first-order chi connectivity index (χ1) is 10.8. The molecule has 1 nitrogen and oxygen atoms in total. The fraction of sp³-hybridized carbons (Fsp3) is 0.238. The van der Waals surface area contributed by atoms with E-state index in [1.54, 1.807) is 0 Å². The lowest BCUT2D eigenvalue weighted by Crippen LogP contribution is -2.40. The van der Waals surface area contributed by atoms with Crippen LogP contribution in [0.15, 0.2) is 72.3 Å². The van der Waals surface area contributed by atoms with E-state index in [-0.39, 0.29) is 0 Å². The summed E-state index contributed by atoms with van der Waals surface area (Å²) in [6.45, 7) is 5.62. The third-order valence-corrected chi connectivity index (χ3v) is 5.00. The molecular formula is C21H21N. The molecule has 4 rings (SSSR count). The summed E-state index contributed by atoms with van der Waals surface area (Å²) in [5.74, 6) is 0.528. The zero-order chi connectivity index (χ0) is 14.9. The summed E-state index contributed by atoms with van der Waals surface area (Å²) in [6.07, 6.45) is 2.43. The zero-order valence-electron chi connectivity index (χ0n) is 13.0. The topological polar surface area (TPSA) is 3.24 Å². The Hall–Kier alpha value is -2.12. The lowest BCUT2D eigenvalue weighted by Gasteiger charge is -2.40. The van der Waals surface area contributed by atoms with Gasteiger partial charge in [0.1, 0.15) is 0 Å². The van der Waals surface area contributed by atoms with Crippen molar-refractivity contribution in [2.24, 2.45) is 5.92 Å². The molecule has 0 amide bonds. The Kier molecular flexibility index (Phi) is 3.44. The first-order valence-electron chi connectivity index (χ1n) is 8.06. The number of rotatable bonds is 2. The van der Waals surface area contributed by atoms with Crippen molar-refractivity contribution in [3.8, 4) is 0 Å². The molecular weight excluding hydrogens is 266 g/mol. The molecule has 22 heavy (non-hydrogen) atoms. The second kappa shape index (κ2) is 5.58. The average molecular weight is 287 g/mol. The highest BCUT2D eigenvalue weighted by Crippen LogP contribution is 2.40. The fourth-order valence-corrected chi connectivity index (χ4v) is 3.77.